The summed E-state index contributed by atoms with van der Waals surface area (Å²) in [5.41, 5.74) is 1.18. The lowest BCUT2D eigenvalue weighted by atomic mass is 10.2. The highest BCUT2D eigenvalue weighted by Crippen LogP contribution is 2.12. The average Bonchev–Trinajstić information content (AvgIpc) is 2.44. The molecule has 0 fully saturated rings. The molecule has 2 rings (SSSR count). The Labute approximate surface area is 112 Å². The van der Waals surface area contributed by atoms with Gasteiger partial charge in [-0.1, -0.05) is 12.1 Å². The SMILES string of the molecule is COc1ccnc(NCCOc2cccc(C)c2)n1. The molecule has 0 aliphatic heterocycles. The van der Waals surface area contributed by atoms with Gasteiger partial charge in [-0.05, 0) is 24.6 Å². The second kappa shape index (κ2) is 6.58. The van der Waals surface area contributed by atoms with Crippen molar-refractivity contribution >= 4 is 5.95 Å². The Bertz CT molecular complexity index is 532. The van der Waals surface area contributed by atoms with E-state index < -0.39 is 0 Å². The quantitative estimate of drug-likeness (QED) is 0.807. The minimum Gasteiger partial charge on any atom is -0.492 e. The smallest absolute Gasteiger partial charge is 0.226 e. The largest absolute Gasteiger partial charge is 0.492 e. The van der Waals surface area contributed by atoms with E-state index in [0.717, 1.165) is 5.75 Å². The molecule has 1 heterocycles. The van der Waals surface area contributed by atoms with Crippen molar-refractivity contribution in [1.29, 1.82) is 0 Å². The van der Waals surface area contributed by atoms with Gasteiger partial charge in [-0.15, -0.1) is 0 Å². The molecule has 0 saturated heterocycles. The van der Waals surface area contributed by atoms with Gasteiger partial charge in [0.1, 0.15) is 12.4 Å². The molecule has 5 heteroatoms. The molecular weight excluding hydrogens is 242 g/mol. The highest BCUT2D eigenvalue weighted by molar-refractivity contribution is 5.28. The topological polar surface area (TPSA) is 56.3 Å². The molecule has 0 radical (unpaired) electrons. The van der Waals surface area contributed by atoms with Gasteiger partial charge in [0.2, 0.25) is 11.8 Å². The number of hydrogen-bond donors (Lipinski definition) is 1. The Balaban J connectivity index is 1.77. The minimum absolute atomic E-state index is 0.534. The van der Waals surface area contributed by atoms with Crippen molar-refractivity contribution in [2.75, 3.05) is 25.6 Å². The fraction of sp³-hybridized carbons (Fsp3) is 0.286. The van der Waals surface area contributed by atoms with Crippen LogP contribution in [0.3, 0.4) is 0 Å². The van der Waals surface area contributed by atoms with E-state index in [9.17, 15) is 0 Å². The summed E-state index contributed by atoms with van der Waals surface area (Å²) in [5.74, 6) is 1.94. The minimum atomic E-state index is 0.534. The molecule has 0 bridgehead atoms. The highest BCUT2D eigenvalue weighted by atomic mass is 16.5. The Kier molecular flexibility index (Phi) is 4.55. The third kappa shape index (κ3) is 4.13. The number of nitrogens with one attached hydrogen (secondary N) is 1. The van der Waals surface area contributed by atoms with Crippen molar-refractivity contribution in [3.63, 3.8) is 0 Å². The molecule has 100 valence electrons. The van der Waals surface area contributed by atoms with Gasteiger partial charge >= 0.3 is 0 Å². The number of hydrogen-bond acceptors (Lipinski definition) is 5. The molecule has 0 spiro atoms. The molecule has 1 aromatic heterocycles. The van der Waals surface area contributed by atoms with Crippen LogP contribution in [0, 0.1) is 6.92 Å². The monoisotopic (exact) mass is 259 g/mol. The van der Waals surface area contributed by atoms with E-state index in [0.29, 0.717) is 25.0 Å². The Hall–Kier alpha value is -2.30. The number of aromatic nitrogens is 2. The summed E-state index contributed by atoms with van der Waals surface area (Å²) in [6.45, 7) is 3.21. The van der Waals surface area contributed by atoms with Crippen LogP contribution >= 0.6 is 0 Å². The number of methoxy groups -OCH3 is 1. The van der Waals surface area contributed by atoms with Crippen LogP contribution in [0.25, 0.3) is 0 Å². The van der Waals surface area contributed by atoms with Crippen LogP contribution < -0.4 is 14.8 Å². The molecule has 0 atom stereocenters. The zero-order chi connectivity index (χ0) is 13.5. The van der Waals surface area contributed by atoms with Gasteiger partial charge in [0.25, 0.3) is 0 Å². The summed E-state index contributed by atoms with van der Waals surface area (Å²) in [4.78, 5) is 8.24. The van der Waals surface area contributed by atoms with Crippen LogP contribution in [0.4, 0.5) is 5.95 Å². The van der Waals surface area contributed by atoms with Crippen molar-refractivity contribution in [3.8, 4) is 11.6 Å². The molecule has 2 aromatic rings. The molecule has 0 saturated carbocycles. The second-order valence-corrected chi connectivity index (χ2v) is 4.01. The fourth-order valence-electron chi connectivity index (χ4n) is 1.58. The lowest BCUT2D eigenvalue weighted by molar-refractivity contribution is 0.332. The Morgan fingerprint density at radius 2 is 2.16 bits per heavy atom. The highest BCUT2D eigenvalue weighted by Gasteiger charge is 1.98. The Morgan fingerprint density at radius 3 is 2.95 bits per heavy atom. The van der Waals surface area contributed by atoms with Crippen molar-refractivity contribution in [2.45, 2.75) is 6.92 Å². The number of rotatable bonds is 6. The summed E-state index contributed by atoms with van der Waals surface area (Å²) in [6, 6.07) is 9.66. The van der Waals surface area contributed by atoms with Crippen LogP contribution in [0.2, 0.25) is 0 Å². The van der Waals surface area contributed by atoms with Crippen LogP contribution in [-0.2, 0) is 0 Å². The summed E-state index contributed by atoms with van der Waals surface area (Å²) < 4.78 is 10.6. The van der Waals surface area contributed by atoms with Gasteiger partial charge in [0.15, 0.2) is 0 Å². The predicted octanol–water partition coefficient (Wildman–Crippen LogP) is 2.28. The molecule has 19 heavy (non-hydrogen) atoms. The molecule has 0 aliphatic rings. The first-order chi connectivity index (χ1) is 9.28. The zero-order valence-corrected chi connectivity index (χ0v) is 11.1. The van der Waals surface area contributed by atoms with E-state index in [1.54, 1.807) is 19.4 Å². The normalized spacial score (nSPS) is 10.0. The van der Waals surface area contributed by atoms with Gasteiger partial charge in [-0.3, -0.25) is 0 Å². The zero-order valence-electron chi connectivity index (χ0n) is 11.1. The van der Waals surface area contributed by atoms with Crippen LogP contribution in [0.1, 0.15) is 5.56 Å². The third-order valence-corrected chi connectivity index (χ3v) is 2.48. The van der Waals surface area contributed by atoms with Crippen molar-refractivity contribution in [2.24, 2.45) is 0 Å². The maximum atomic E-state index is 5.62. The second-order valence-electron chi connectivity index (χ2n) is 4.01. The van der Waals surface area contributed by atoms with E-state index in [1.165, 1.54) is 5.56 Å². The first-order valence-electron chi connectivity index (χ1n) is 6.08. The van der Waals surface area contributed by atoms with Crippen molar-refractivity contribution in [3.05, 3.63) is 42.1 Å². The van der Waals surface area contributed by atoms with Gasteiger partial charge in [-0.2, -0.15) is 4.98 Å². The van der Waals surface area contributed by atoms with Gasteiger partial charge < -0.3 is 14.8 Å². The van der Waals surface area contributed by atoms with E-state index >= 15 is 0 Å². The maximum absolute atomic E-state index is 5.62. The summed E-state index contributed by atoms with van der Waals surface area (Å²) in [7, 11) is 1.58. The van der Waals surface area contributed by atoms with E-state index in [2.05, 4.69) is 15.3 Å². The van der Waals surface area contributed by atoms with Gasteiger partial charge in [-0.25, -0.2) is 4.98 Å². The van der Waals surface area contributed by atoms with Gasteiger partial charge in [0, 0.05) is 12.3 Å². The molecule has 1 N–H and O–H groups in total. The first-order valence-corrected chi connectivity index (χ1v) is 6.08. The summed E-state index contributed by atoms with van der Waals surface area (Å²) in [6.07, 6.45) is 1.65. The average molecular weight is 259 g/mol. The third-order valence-electron chi connectivity index (χ3n) is 2.48. The van der Waals surface area contributed by atoms with E-state index in [1.807, 2.05) is 31.2 Å². The van der Waals surface area contributed by atoms with Crippen LogP contribution in [0.15, 0.2) is 36.5 Å². The summed E-state index contributed by atoms with van der Waals surface area (Å²) >= 11 is 0. The van der Waals surface area contributed by atoms with Crippen LogP contribution in [-0.4, -0.2) is 30.2 Å². The lowest BCUT2D eigenvalue weighted by Crippen LogP contribution is -2.13. The number of anilines is 1. The maximum Gasteiger partial charge on any atom is 0.226 e. The van der Waals surface area contributed by atoms with E-state index in [4.69, 9.17) is 9.47 Å². The standard InChI is InChI=1S/C14H17N3O2/c1-11-4-3-5-12(10-11)19-9-8-16-14-15-7-6-13(17-14)18-2/h3-7,10H,8-9H2,1-2H3,(H,15,16,17). The van der Waals surface area contributed by atoms with Crippen molar-refractivity contribution < 1.29 is 9.47 Å². The number of aryl methyl sites for hydroxylation is 1. The summed E-state index contributed by atoms with van der Waals surface area (Å²) in [5, 5.41) is 3.08. The van der Waals surface area contributed by atoms with E-state index in [-0.39, 0.29) is 0 Å². The molecule has 0 unspecified atom stereocenters. The number of benzene rings is 1. The first kappa shape index (κ1) is 13.1. The van der Waals surface area contributed by atoms with Gasteiger partial charge in [0.05, 0.1) is 13.7 Å². The lowest BCUT2D eigenvalue weighted by Gasteiger charge is -2.08. The molecular formula is C14H17N3O2. The molecule has 0 aliphatic carbocycles. The predicted molar refractivity (Wildman–Crippen MR) is 73.7 cm³/mol. The molecule has 0 amide bonds. The Morgan fingerprint density at radius 1 is 1.26 bits per heavy atom. The van der Waals surface area contributed by atoms with Crippen LogP contribution in [0.5, 0.6) is 11.6 Å². The molecule has 1 aromatic carbocycles. The molecule has 5 nitrogen and oxygen atoms in total. The number of ether oxygens (including phenoxy) is 2. The fourth-order valence-corrected chi connectivity index (χ4v) is 1.58. The van der Waals surface area contributed by atoms with Crippen molar-refractivity contribution in [1.82, 2.24) is 9.97 Å². The number of nitrogens with zero attached hydrogens (tertiary/aromatic N) is 2.